The van der Waals surface area contributed by atoms with E-state index in [0.717, 1.165) is 41.2 Å². The van der Waals surface area contributed by atoms with Crippen molar-refractivity contribution in [1.29, 1.82) is 0 Å². The van der Waals surface area contributed by atoms with Crippen molar-refractivity contribution < 1.29 is 4.39 Å². The number of nitrogens with two attached hydrogens (primary N) is 1. The number of aromatic nitrogens is 2. The zero-order valence-electron chi connectivity index (χ0n) is 16.4. The summed E-state index contributed by atoms with van der Waals surface area (Å²) in [6.07, 6.45) is 3.25. The minimum atomic E-state index is -0.932. The average molecular weight is 395 g/mol. The van der Waals surface area contributed by atoms with Gasteiger partial charge in [-0.2, -0.15) is 5.10 Å². The molecule has 3 aliphatic rings. The molecule has 1 unspecified atom stereocenters. The van der Waals surface area contributed by atoms with E-state index in [9.17, 15) is 4.39 Å². The Morgan fingerprint density at radius 2 is 2.07 bits per heavy atom. The van der Waals surface area contributed by atoms with E-state index in [1.807, 2.05) is 6.92 Å². The Bertz CT molecular complexity index is 973. The van der Waals surface area contributed by atoms with Crippen molar-refractivity contribution in [2.45, 2.75) is 43.8 Å². The number of hydrogen-bond donors (Lipinski definition) is 5. The molecule has 2 atom stereocenters. The van der Waals surface area contributed by atoms with Crippen LogP contribution in [0.5, 0.6) is 0 Å². The first kappa shape index (κ1) is 18.3. The molecule has 7 nitrogen and oxygen atoms in total. The molecule has 1 aliphatic carbocycles. The van der Waals surface area contributed by atoms with Crippen molar-refractivity contribution in [2.75, 3.05) is 13.1 Å². The molecule has 1 aromatic carbocycles. The van der Waals surface area contributed by atoms with Gasteiger partial charge in [0.2, 0.25) is 0 Å². The summed E-state index contributed by atoms with van der Waals surface area (Å²) in [5.74, 6) is 0.935. The number of benzene rings is 1. The van der Waals surface area contributed by atoms with Crippen molar-refractivity contribution in [3.05, 3.63) is 64.4 Å². The van der Waals surface area contributed by atoms with Gasteiger partial charge in [-0.05, 0) is 43.5 Å². The fraction of sp³-hybridized carbons (Fsp3) is 0.429. The molecule has 0 spiro atoms. The van der Waals surface area contributed by atoms with E-state index in [2.05, 4.69) is 32.2 Å². The molecule has 0 saturated heterocycles. The van der Waals surface area contributed by atoms with Crippen LogP contribution in [0, 0.1) is 5.82 Å². The lowest BCUT2D eigenvalue weighted by Crippen LogP contribution is -2.64. The number of nitrogens with zero attached hydrogens (tertiary/aromatic N) is 2. The summed E-state index contributed by atoms with van der Waals surface area (Å²) < 4.78 is 13.2. The second-order valence-electron chi connectivity index (χ2n) is 8.13. The van der Waals surface area contributed by atoms with Gasteiger partial charge < -0.3 is 16.0 Å². The van der Waals surface area contributed by atoms with Crippen LogP contribution in [0.4, 0.5) is 4.39 Å². The molecular formula is C21H26FN7. The van der Waals surface area contributed by atoms with Crippen LogP contribution in [0.25, 0.3) is 0 Å². The molecule has 1 saturated carbocycles. The standard InChI is InChI=1S/C21H26FN7/c1-12(13-4-6-15(22)7-5-13)25-20-26-17-8-9-24-11-16(17)21(23,27-20)19-10-18(28-29-19)14-2-3-14/h4-7,10,12,14,24H,2-3,8-9,11,23H2,1H3,(H,28,29)(H2,25,26,27)/t12-,21?/m0/s1. The number of nitrogens with one attached hydrogen (secondary N) is 4. The van der Waals surface area contributed by atoms with E-state index >= 15 is 0 Å². The first-order valence-electron chi connectivity index (χ1n) is 10.2. The van der Waals surface area contributed by atoms with E-state index in [1.165, 1.54) is 25.0 Å². The van der Waals surface area contributed by atoms with Gasteiger partial charge in [0.05, 0.1) is 6.04 Å². The molecular weight excluding hydrogens is 369 g/mol. The van der Waals surface area contributed by atoms with Crippen LogP contribution < -0.4 is 21.7 Å². The van der Waals surface area contributed by atoms with Crippen molar-refractivity contribution >= 4 is 5.96 Å². The van der Waals surface area contributed by atoms with Gasteiger partial charge in [0, 0.05) is 42.4 Å². The predicted molar refractivity (Wildman–Crippen MR) is 109 cm³/mol. The predicted octanol–water partition coefficient (Wildman–Crippen LogP) is 2.10. The minimum absolute atomic E-state index is 0.153. The van der Waals surface area contributed by atoms with Gasteiger partial charge in [-0.3, -0.25) is 10.8 Å². The largest absolute Gasteiger partial charge is 0.330 e. The van der Waals surface area contributed by atoms with Crippen molar-refractivity contribution in [1.82, 2.24) is 26.1 Å². The highest BCUT2D eigenvalue weighted by Crippen LogP contribution is 2.40. The van der Waals surface area contributed by atoms with Gasteiger partial charge in [-0.1, -0.05) is 12.1 Å². The zero-order valence-corrected chi connectivity index (χ0v) is 16.4. The molecule has 0 bridgehead atoms. The molecule has 2 aliphatic heterocycles. The first-order valence-corrected chi connectivity index (χ1v) is 10.2. The summed E-state index contributed by atoms with van der Waals surface area (Å²) >= 11 is 0. The maximum absolute atomic E-state index is 13.2. The first-order chi connectivity index (χ1) is 14.0. The molecule has 2 aromatic rings. The SMILES string of the molecule is C[C@H](N=C1NC2=C(CNCC2)C(N)(c2cc(C3CC3)[nH]n2)N1)c1ccc(F)cc1. The van der Waals surface area contributed by atoms with Crippen molar-refractivity contribution in [3.8, 4) is 0 Å². The number of rotatable bonds is 4. The molecule has 0 amide bonds. The van der Waals surface area contributed by atoms with E-state index in [4.69, 9.17) is 10.7 Å². The number of guanidine groups is 1. The van der Waals surface area contributed by atoms with Crippen LogP contribution in [0.2, 0.25) is 0 Å². The van der Waals surface area contributed by atoms with Gasteiger partial charge in [-0.15, -0.1) is 0 Å². The van der Waals surface area contributed by atoms with Crippen LogP contribution in [0.3, 0.4) is 0 Å². The maximum Gasteiger partial charge on any atom is 0.198 e. The van der Waals surface area contributed by atoms with Crippen LogP contribution >= 0.6 is 0 Å². The lowest BCUT2D eigenvalue weighted by Gasteiger charge is -2.41. The Morgan fingerprint density at radius 3 is 2.83 bits per heavy atom. The molecule has 8 heteroatoms. The lowest BCUT2D eigenvalue weighted by molar-refractivity contribution is 0.408. The zero-order chi connectivity index (χ0) is 20.0. The Kier molecular flexibility index (Phi) is 4.40. The van der Waals surface area contributed by atoms with E-state index in [0.29, 0.717) is 18.4 Å². The second kappa shape index (κ2) is 6.96. The van der Waals surface area contributed by atoms with Crippen molar-refractivity contribution in [2.24, 2.45) is 10.7 Å². The lowest BCUT2D eigenvalue weighted by atomic mass is 9.89. The molecule has 5 rings (SSSR count). The van der Waals surface area contributed by atoms with E-state index in [-0.39, 0.29) is 11.9 Å². The molecule has 152 valence electrons. The number of hydrogen-bond acceptors (Lipinski definition) is 4. The number of aliphatic imine (C=N–C) groups is 1. The van der Waals surface area contributed by atoms with Gasteiger partial charge in [0.15, 0.2) is 11.6 Å². The third-order valence-electron chi connectivity index (χ3n) is 5.97. The maximum atomic E-state index is 13.2. The van der Waals surface area contributed by atoms with Gasteiger partial charge in [0.1, 0.15) is 11.5 Å². The summed E-state index contributed by atoms with van der Waals surface area (Å²) in [6, 6.07) is 8.35. The van der Waals surface area contributed by atoms with Crippen LogP contribution in [-0.4, -0.2) is 29.2 Å². The molecule has 1 fully saturated rings. The van der Waals surface area contributed by atoms with Gasteiger partial charge in [-0.25, -0.2) is 9.38 Å². The Balaban J connectivity index is 1.49. The topological polar surface area (TPSA) is 103 Å². The van der Waals surface area contributed by atoms with Crippen LogP contribution in [0.1, 0.15) is 55.1 Å². The van der Waals surface area contributed by atoms with Gasteiger partial charge >= 0.3 is 0 Å². The Labute approximate surface area is 169 Å². The highest BCUT2D eigenvalue weighted by molar-refractivity contribution is 5.85. The molecule has 6 N–H and O–H groups in total. The van der Waals surface area contributed by atoms with E-state index < -0.39 is 5.66 Å². The molecule has 29 heavy (non-hydrogen) atoms. The normalized spacial score (nSPS) is 26.7. The molecule has 1 aromatic heterocycles. The van der Waals surface area contributed by atoms with Gasteiger partial charge in [0.25, 0.3) is 0 Å². The Morgan fingerprint density at radius 1 is 1.28 bits per heavy atom. The van der Waals surface area contributed by atoms with E-state index in [1.54, 1.807) is 12.1 Å². The fourth-order valence-corrected chi connectivity index (χ4v) is 4.07. The third-order valence-corrected chi connectivity index (χ3v) is 5.97. The smallest absolute Gasteiger partial charge is 0.198 e. The second-order valence-corrected chi connectivity index (χ2v) is 8.13. The third kappa shape index (κ3) is 3.42. The summed E-state index contributed by atoms with van der Waals surface area (Å²) in [6.45, 7) is 3.56. The molecule has 0 radical (unpaired) electrons. The number of halogens is 1. The summed E-state index contributed by atoms with van der Waals surface area (Å²) in [5, 5.41) is 17.9. The van der Waals surface area contributed by atoms with Crippen LogP contribution in [-0.2, 0) is 5.66 Å². The summed E-state index contributed by atoms with van der Waals surface area (Å²) in [5.41, 5.74) is 11.0. The number of aromatic amines is 1. The quantitative estimate of drug-likeness (QED) is 0.546. The monoisotopic (exact) mass is 395 g/mol. The highest BCUT2D eigenvalue weighted by Gasteiger charge is 2.42. The number of H-pyrrole nitrogens is 1. The molecule has 3 heterocycles. The minimum Gasteiger partial charge on any atom is -0.330 e. The fourth-order valence-electron chi connectivity index (χ4n) is 4.07. The average Bonchev–Trinajstić information content (AvgIpc) is 3.44. The van der Waals surface area contributed by atoms with Crippen molar-refractivity contribution in [3.63, 3.8) is 0 Å². The summed E-state index contributed by atoms with van der Waals surface area (Å²) in [7, 11) is 0. The Hall–Kier alpha value is -2.71. The summed E-state index contributed by atoms with van der Waals surface area (Å²) in [4.78, 5) is 4.80. The van der Waals surface area contributed by atoms with Crippen LogP contribution in [0.15, 0.2) is 46.6 Å². The highest BCUT2D eigenvalue weighted by atomic mass is 19.1.